The van der Waals surface area contributed by atoms with Crippen molar-refractivity contribution in [1.82, 2.24) is 5.43 Å². The zero-order valence-corrected chi connectivity index (χ0v) is 19.6. The number of hydrogen-bond acceptors (Lipinski definition) is 5. The van der Waals surface area contributed by atoms with Crippen LogP contribution in [0.1, 0.15) is 15.9 Å². The summed E-state index contributed by atoms with van der Waals surface area (Å²) < 4.78 is 10.7. The van der Waals surface area contributed by atoms with Crippen LogP contribution < -0.4 is 20.2 Å². The van der Waals surface area contributed by atoms with Gasteiger partial charge in [0.15, 0.2) is 16.6 Å². The largest absolute Gasteiger partial charge is 0.493 e. The normalized spacial score (nSPS) is 10.6. The fourth-order valence-electron chi connectivity index (χ4n) is 2.55. The first-order valence-corrected chi connectivity index (χ1v) is 10.6. The standard InChI is InChI=1S/C22H16Cl3N3O3S/c1-30-20-9-13(12-26-28-22(32)27-16-4-2-3-14(23)10-16)5-8-19(20)31-21(29)17-7-6-15(24)11-18(17)25/h2-12H,1H3,(H2,27,28,32)/b26-12-. The Balaban J connectivity index is 1.64. The first-order chi connectivity index (χ1) is 15.4. The van der Waals surface area contributed by atoms with Gasteiger partial charge in [-0.1, -0.05) is 40.9 Å². The molecule has 0 aliphatic heterocycles. The molecular weight excluding hydrogens is 493 g/mol. The number of hydrazone groups is 1. The Kier molecular flexibility index (Phi) is 8.30. The molecule has 0 fully saturated rings. The first kappa shape index (κ1) is 23.8. The maximum atomic E-state index is 12.4. The summed E-state index contributed by atoms with van der Waals surface area (Å²) in [7, 11) is 1.46. The molecule has 10 heteroatoms. The summed E-state index contributed by atoms with van der Waals surface area (Å²) in [5.41, 5.74) is 4.32. The minimum atomic E-state index is -0.634. The quantitative estimate of drug-likeness (QED) is 0.136. The van der Waals surface area contributed by atoms with Gasteiger partial charge in [0.1, 0.15) is 0 Å². The molecule has 0 aliphatic carbocycles. The lowest BCUT2D eigenvalue weighted by atomic mass is 10.2. The van der Waals surface area contributed by atoms with Crippen molar-refractivity contribution in [2.24, 2.45) is 5.10 Å². The zero-order valence-electron chi connectivity index (χ0n) is 16.6. The number of esters is 1. The van der Waals surface area contributed by atoms with Gasteiger partial charge in [-0.2, -0.15) is 5.10 Å². The van der Waals surface area contributed by atoms with Gasteiger partial charge >= 0.3 is 5.97 Å². The van der Waals surface area contributed by atoms with Gasteiger partial charge in [-0.25, -0.2) is 4.79 Å². The average Bonchev–Trinajstić information content (AvgIpc) is 2.74. The number of methoxy groups -OCH3 is 1. The van der Waals surface area contributed by atoms with Crippen molar-refractivity contribution in [2.75, 3.05) is 12.4 Å². The van der Waals surface area contributed by atoms with Crippen LogP contribution in [0, 0.1) is 0 Å². The Bertz CT molecular complexity index is 1190. The van der Waals surface area contributed by atoms with E-state index in [0.717, 1.165) is 5.69 Å². The Morgan fingerprint density at radius 3 is 2.50 bits per heavy atom. The van der Waals surface area contributed by atoms with Crippen LogP contribution in [0.2, 0.25) is 15.1 Å². The van der Waals surface area contributed by atoms with Crippen LogP contribution >= 0.6 is 47.0 Å². The fraction of sp³-hybridized carbons (Fsp3) is 0.0455. The molecular formula is C22H16Cl3N3O3S. The van der Waals surface area contributed by atoms with E-state index < -0.39 is 5.97 Å². The Hall–Kier alpha value is -2.84. The molecule has 0 aliphatic rings. The third-order valence-electron chi connectivity index (χ3n) is 4.00. The van der Waals surface area contributed by atoms with Gasteiger partial charge in [-0.15, -0.1) is 0 Å². The number of carbonyl (C=O) groups excluding carboxylic acids is 1. The molecule has 0 saturated heterocycles. The average molecular weight is 509 g/mol. The molecule has 2 N–H and O–H groups in total. The van der Waals surface area contributed by atoms with E-state index in [9.17, 15) is 4.79 Å². The van der Waals surface area contributed by atoms with Gasteiger partial charge in [0.25, 0.3) is 0 Å². The van der Waals surface area contributed by atoms with Crippen LogP contribution in [0.3, 0.4) is 0 Å². The van der Waals surface area contributed by atoms with Gasteiger partial charge in [-0.05, 0) is 72.4 Å². The van der Waals surface area contributed by atoms with Crippen molar-refractivity contribution in [2.45, 2.75) is 0 Å². The van der Waals surface area contributed by atoms with Gasteiger partial charge in [0.05, 0.1) is 23.9 Å². The zero-order chi connectivity index (χ0) is 23.1. The van der Waals surface area contributed by atoms with E-state index in [0.29, 0.717) is 26.5 Å². The Labute approximate surface area is 205 Å². The smallest absolute Gasteiger partial charge is 0.345 e. The molecule has 0 saturated carbocycles. The van der Waals surface area contributed by atoms with Crippen LogP contribution in [-0.4, -0.2) is 24.4 Å². The summed E-state index contributed by atoms with van der Waals surface area (Å²) in [6.45, 7) is 0. The maximum absolute atomic E-state index is 12.4. The predicted octanol–water partition coefficient (Wildman–Crippen LogP) is 6.20. The van der Waals surface area contributed by atoms with Gasteiger partial charge < -0.3 is 14.8 Å². The van der Waals surface area contributed by atoms with Crippen LogP contribution in [-0.2, 0) is 0 Å². The number of halogens is 3. The lowest BCUT2D eigenvalue weighted by molar-refractivity contribution is 0.0730. The van der Waals surface area contributed by atoms with Crippen molar-refractivity contribution < 1.29 is 14.3 Å². The molecule has 0 atom stereocenters. The number of nitrogens with one attached hydrogen (secondary N) is 2. The van der Waals surface area contributed by atoms with E-state index >= 15 is 0 Å². The van der Waals surface area contributed by atoms with Gasteiger partial charge in [0, 0.05) is 15.7 Å². The highest BCUT2D eigenvalue weighted by molar-refractivity contribution is 7.80. The third kappa shape index (κ3) is 6.58. The van der Waals surface area contributed by atoms with Crippen LogP contribution in [0.25, 0.3) is 0 Å². The SMILES string of the molecule is COc1cc(/C=N\NC(=S)Nc2cccc(Cl)c2)ccc1OC(=O)c1ccc(Cl)cc1Cl. The highest BCUT2D eigenvalue weighted by Gasteiger charge is 2.16. The third-order valence-corrected chi connectivity index (χ3v) is 4.98. The van der Waals surface area contributed by atoms with E-state index in [1.165, 1.54) is 25.5 Å². The minimum Gasteiger partial charge on any atom is -0.493 e. The Morgan fingerprint density at radius 1 is 1.00 bits per heavy atom. The van der Waals surface area contributed by atoms with E-state index in [2.05, 4.69) is 15.8 Å². The highest BCUT2D eigenvalue weighted by atomic mass is 35.5. The number of rotatable bonds is 6. The van der Waals surface area contributed by atoms with Crippen molar-refractivity contribution in [1.29, 1.82) is 0 Å². The topological polar surface area (TPSA) is 71.9 Å². The molecule has 0 heterocycles. The molecule has 32 heavy (non-hydrogen) atoms. The molecule has 0 aromatic heterocycles. The lowest BCUT2D eigenvalue weighted by Crippen LogP contribution is -2.23. The number of anilines is 1. The second kappa shape index (κ2) is 11.2. The molecule has 0 amide bonds. The maximum Gasteiger partial charge on any atom is 0.345 e. The number of carbonyl (C=O) groups is 1. The monoisotopic (exact) mass is 507 g/mol. The van der Waals surface area contributed by atoms with Gasteiger partial charge in [0.2, 0.25) is 0 Å². The van der Waals surface area contributed by atoms with Gasteiger partial charge in [-0.3, -0.25) is 5.43 Å². The van der Waals surface area contributed by atoms with E-state index in [1.54, 1.807) is 42.5 Å². The van der Waals surface area contributed by atoms with E-state index in [1.807, 2.05) is 6.07 Å². The summed E-state index contributed by atoms with van der Waals surface area (Å²) in [5, 5.41) is 8.55. The summed E-state index contributed by atoms with van der Waals surface area (Å²) in [5.74, 6) is -0.0655. The van der Waals surface area contributed by atoms with Crippen molar-refractivity contribution in [3.63, 3.8) is 0 Å². The lowest BCUT2D eigenvalue weighted by Gasteiger charge is -2.11. The number of thiocarbonyl (C=S) groups is 1. The molecule has 3 aromatic rings. The van der Waals surface area contributed by atoms with E-state index in [-0.39, 0.29) is 16.3 Å². The van der Waals surface area contributed by atoms with Crippen LogP contribution in [0.4, 0.5) is 5.69 Å². The van der Waals surface area contributed by atoms with Crippen molar-refractivity contribution in [3.05, 3.63) is 86.9 Å². The number of hydrogen-bond donors (Lipinski definition) is 2. The second-order valence-electron chi connectivity index (χ2n) is 6.26. The summed E-state index contributed by atoms with van der Waals surface area (Å²) in [4.78, 5) is 12.4. The fourth-order valence-corrected chi connectivity index (χ4v) is 3.40. The number of nitrogens with zero attached hydrogens (tertiary/aromatic N) is 1. The Morgan fingerprint density at radius 2 is 1.78 bits per heavy atom. The molecule has 3 rings (SSSR count). The molecule has 0 unspecified atom stereocenters. The number of ether oxygens (including phenoxy) is 2. The molecule has 6 nitrogen and oxygen atoms in total. The molecule has 0 bridgehead atoms. The molecule has 164 valence electrons. The first-order valence-electron chi connectivity index (χ1n) is 9.06. The molecule has 0 radical (unpaired) electrons. The second-order valence-corrected chi connectivity index (χ2v) is 7.95. The summed E-state index contributed by atoms with van der Waals surface area (Å²) >= 11 is 23.1. The minimum absolute atomic E-state index is 0.189. The summed E-state index contributed by atoms with van der Waals surface area (Å²) in [6.07, 6.45) is 1.54. The number of benzene rings is 3. The van der Waals surface area contributed by atoms with E-state index in [4.69, 9.17) is 56.5 Å². The summed E-state index contributed by atoms with van der Waals surface area (Å²) in [6, 6.07) is 16.6. The van der Waals surface area contributed by atoms with Crippen LogP contribution in [0.5, 0.6) is 11.5 Å². The van der Waals surface area contributed by atoms with Crippen LogP contribution in [0.15, 0.2) is 65.8 Å². The highest BCUT2D eigenvalue weighted by Crippen LogP contribution is 2.30. The van der Waals surface area contributed by atoms with Crippen molar-refractivity contribution in [3.8, 4) is 11.5 Å². The molecule has 3 aromatic carbocycles. The predicted molar refractivity (Wildman–Crippen MR) is 133 cm³/mol. The molecule has 0 spiro atoms. The van der Waals surface area contributed by atoms with Crippen molar-refractivity contribution >= 4 is 70.0 Å².